The molecule has 3 fully saturated rings. The Morgan fingerprint density at radius 2 is 1.81 bits per heavy atom. The quantitative estimate of drug-likeness (QED) is 0.256. The van der Waals surface area contributed by atoms with E-state index in [-0.39, 0.29) is 60.2 Å². The van der Waals surface area contributed by atoms with Crippen LogP contribution in [0, 0.1) is 20.8 Å². The summed E-state index contributed by atoms with van der Waals surface area (Å²) >= 11 is 1.63. The van der Waals surface area contributed by atoms with Crippen molar-refractivity contribution < 1.29 is 43.5 Å². The summed E-state index contributed by atoms with van der Waals surface area (Å²) in [6, 6.07) is 5.15. The number of carbonyl (C=O) groups excluding carboxylic acids is 2. The second kappa shape index (κ2) is 11.2. The normalized spacial score (nSPS) is 31.8. The van der Waals surface area contributed by atoms with Crippen LogP contribution in [0.1, 0.15) is 80.2 Å². The van der Waals surface area contributed by atoms with Gasteiger partial charge in [0.1, 0.15) is 18.1 Å². The fourth-order valence-electron chi connectivity index (χ4n) is 10.5. The molecular weight excluding hydrogens is 687 g/mol. The predicted octanol–water partition coefficient (Wildman–Crippen LogP) is 4.32. The van der Waals surface area contributed by atoms with E-state index in [0.717, 1.165) is 45.5 Å². The van der Waals surface area contributed by atoms with Crippen LogP contribution in [-0.2, 0) is 26.3 Å². The molecule has 0 aromatic heterocycles. The minimum absolute atomic E-state index is 0.0219. The second-order valence-corrected chi connectivity index (χ2v) is 16.4. The number of phenols is 2. The first-order valence-electron chi connectivity index (χ1n) is 18.0. The molecule has 0 amide bonds. The third-order valence-electron chi connectivity index (χ3n) is 12.7. The number of piperazine rings is 1. The van der Waals surface area contributed by atoms with Crippen LogP contribution >= 0.6 is 11.8 Å². The molecule has 8 aliphatic rings. The minimum Gasteiger partial charge on any atom is -0.508 e. The van der Waals surface area contributed by atoms with Crippen molar-refractivity contribution in [3.63, 3.8) is 0 Å². The third kappa shape index (κ3) is 4.10. The highest BCUT2D eigenvalue weighted by Crippen LogP contribution is 2.67. The first kappa shape index (κ1) is 32.5. The van der Waals surface area contributed by atoms with Crippen molar-refractivity contribution in [1.82, 2.24) is 15.1 Å². The second-order valence-electron chi connectivity index (χ2n) is 15.2. The molecule has 272 valence electrons. The molecule has 0 radical (unpaired) electrons. The predicted molar refractivity (Wildman–Crippen MR) is 190 cm³/mol. The Hall–Kier alpha value is -4.17. The number of aromatic hydroxyl groups is 2. The molecule has 3 unspecified atom stereocenters. The lowest BCUT2D eigenvalue weighted by molar-refractivity contribution is -0.160. The average molecular weight is 728 g/mol. The van der Waals surface area contributed by atoms with Gasteiger partial charge in [-0.2, -0.15) is 0 Å². The largest absolute Gasteiger partial charge is 0.508 e. The Kier molecular flexibility index (Phi) is 6.98. The van der Waals surface area contributed by atoms with E-state index in [1.807, 2.05) is 26.8 Å². The van der Waals surface area contributed by atoms with Gasteiger partial charge in [-0.15, -0.1) is 11.8 Å². The molecule has 12 nitrogen and oxygen atoms in total. The van der Waals surface area contributed by atoms with Crippen LogP contribution < -0.4 is 24.3 Å². The van der Waals surface area contributed by atoms with Crippen LogP contribution in [0.4, 0.5) is 0 Å². The van der Waals surface area contributed by atoms with E-state index in [4.69, 9.17) is 23.7 Å². The lowest BCUT2D eigenvalue weighted by Gasteiger charge is -2.68. The van der Waals surface area contributed by atoms with Crippen molar-refractivity contribution in [1.29, 1.82) is 0 Å². The summed E-state index contributed by atoms with van der Waals surface area (Å²) < 4.78 is 30.7. The molecule has 0 saturated carbocycles. The monoisotopic (exact) mass is 727 g/mol. The topological polar surface area (TPSA) is 139 Å². The summed E-state index contributed by atoms with van der Waals surface area (Å²) in [7, 11) is 1.59. The van der Waals surface area contributed by atoms with Crippen molar-refractivity contribution >= 4 is 23.7 Å². The van der Waals surface area contributed by atoms with Gasteiger partial charge in [0.05, 0.1) is 24.4 Å². The number of thioether (sulfide) groups is 1. The van der Waals surface area contributed by atoms with Gasteiger partial charge in [0.2, 0.25) is 6.79 Å². The van der Waals surface area contributed by atoms with Crippen LogP contribution in [0.3, 0.4) is 0 Å². The molecule has 1 spiro atoms. The van der Waals surface area contributed by atoms with Gasteiger partial charge in [-0.25, -0.2) is 4.79 Å². The first-order chi connectivity index (χ1) is 25.0. The number of nitrogens with zero attached hydrogens (tertiary/aromatic N) is 2. The molecule has 3 saturated heterocycles. The van der Waals surface area contributed by atoms with Crippen LogP contribution in [0.5, 0.6) is 34.5 Å². The number of hydrogen-bond donors (Lipinski definition) is 3. The Morgan fingerprint density at radius 3 is 2.60 bits per heavy atom. The standard InChI is InChI=1S/C39H41N3O9S/c1-16-9-23-20(10-26(16)44)6-7-40-39(23)14-52-37-29-28(36-35(49-15-50-36)18(3)34(29)51-19(4)43)25(13-48-38(39)46)42-12-24-22-11-41(24)30(31(37)42)27-21(22)8-17(2)33(47-5)32(27)45/h8-10,22,24-25,30-31,37,40,44-45H,6-7,11-15H2,1-5H3/t22?,24-,25+,30-,31?,37-,39-/m1/s1. The number of nitrogens with one attached hydrogen (secondary N) is 1. The van der Waals surface area contributed by atoms with Crippen molar-refractivity contribution in [3.8, 4) is 34.5 Å². The number of rotatable bonds is 2. The lowest BCUT2D eigenvalue weighted by Crippen LogP contribution is -2.73. The zero-order valence-corrected chi connectivity index (χ0v) is 30.5. The molecule has 8 heterocycles. The molecular formula is C39H41N3O9S. The van der Waals surface area contributed by atoms with Crippen LogP contribution in [-0.4, -0.2) is 89.9 Å². The van der Waals surface area contributed by atoms with Gasteiger partial charge in [0, 0.05) is 72.6 Å². The average Bonchev–Trinajstić information content (AvgIpc) is 3.60. The van der Waals surface area contributed by atoms with Gasteiger partial charge < -0.3 is 33.9 Å². The Labute approximate surface area is 305 Å². The molecule has 13 heteroatoms. The van der Waals surface area contributed by atoms with E-state index in [1.165, 1.54) is 6.92 Å². The Balaban J connectivity index is 1.23. The van der Waals surface area contributed by atoms with Gasteiger partial charge in [-0.1, -0.05) is 6.07 Å². The van der Waals surface area contributed by atoms with Crippen LogP contribution in [0.2, 0.25) is 0 Å². The summed E-state index contributed by atoms with van der Waals surface area (Å²) in [5.74, 6) is 2.12. The molecule has 3 N–H and O–H groups in total. The molecule has 8 aliphatic heterocycles. The van der Waals surface area contributed by atoms with Crippen molar-refractivity contribution in [2.75, 3.05) is 45.9 Å². The van der Waals surface area contributed by atoms with E-state index >= 15 is 0 Å². The Morgan fingerprint density at radius 1 is 1.00 bits per heavy atom. The maximum absolute atomic E-state index is 14.6. The van der Waals surface area contributed by atoms with Crippen molar-refractivity contribution in [2.24, 2.45) is 0 Å². The molecule has 3 aromatic carbocycles. The van der Waals surface area contributed by atoms with Gasteiger partial charge in [0.25, 0.3) is 0 Å². The van der Waals surface area contributed by atoms with E-state index in [9.17, 15) is 19.8 Å². The summed E-state index contributed by atoms with van der Waals surface area (Å²) in [5.41, 5.74) is 6.46. The smallest absolute Gasteiger partial charge is 0.331 e. The maximum atomic E-state index is 14.6. The first-order valence-corrected chi connectivity index (χ1v) is 19.0. The summed E-state index contributed by atoms with van der Waals surface area (Å²) in [5, 5.41) is 25.9. The number of methoxy groups -OCH3 is 1. The SMILES string of the molecule is COc1c(C)cc2c(c1O)[C@@H]1C3[C@@H]4SC[C@]5(NCCc6cc(O)c(C)cc65)C(=O)OC[C@@H](c5c6c(c(C)c(OC(C)=O)c54)OCO6)N3C[C@@H]3C2CN31. The zero-order valence-electron chi connectivity index (χ0n) is 29.7. The number of fused-ring (bicyclic) bond motifs is 8. The van der Waals surface area contributed by atoms with Crippen molar-refractivity contribution in [2.45, 2.75) is 75.0 Å². The number of carbonyl (C=O) groups is 2. The van der Waals surface area contributed by atoms with Gasteiger partial charge in [-0.3, -0.25) is 19.9 Å². The molecule has 0 aliphatic carbocycles. The minimum atomic E-state index is -1.20. The molecule has 6 bridgehead atoms. The molecule has 52 heavy (non-hydrogen) atoms. The summed E-state index contributed by atoms with van der Waals surface area (Å²) in [6.45, 7) is 9.28. The number of aryl methyl sites for hydroxylation is 2. The highest BCUT2D eigenvalue weighted by molar-refractivity contribution is 7.99. The van der Waals surface area contributed by atoms with E-state index in [2.05, 4.69) is 21.2 Å². The molecule has 8 atom stereocenters. The summed E-state index contributed by atoms with van der Waals surface area (Å²) in [6.07, 6.45) is 0.657. The van der Waals surface area contributed by atoms with Crippen LogP contribution in [0.15, 0.2) is 18.2 Å². The van der Waals surface area contributed by atoms with Crippen molar-refractivity contribution in [3.05, 3.63) is 68.3 Å². The highest BCUT2D eigenvalue weighted by atomic mass is 32.2. The Bertz CT molecular complexity index is 2120. The number of esters is 2. The lowest BCUT2D eigenvalue weighted by atomic mass is 9.65. The number of ether oxygens (including phenoxy) is 5. The zero-order chi connectivity index (χ0) is 36.0. The van der Waals surface area contributed by atoms with Crippen LogP contribution in [0.25, 0.3) is 0 Å². The fraction of sp³-hybridized carbons (Fsp3) is 0.487. The highest BCUT2D eigenvalue weighted by Gasteiger charge is 2.64. The number of hydrogen-bond acceptors (Lipinski definition) is 13. The van der Waals surface area contributed by atoms with Gasteiger partial charge >= 0.3 is 11.9 Å². The third-order valence-corrected chi connectivity index (χ3v) is 14.2. The van der Waals surface area contributed by atoms with Gasteiger partial charge in [-0.05, 0) is 67.1 Å². The van der Waals surface area contributed by atoms with E-state index < -0.39 is 17.6 Å². The number of phenolic OH excluding ortho intramolecular Hbond substituents is 2. The fourth-order valence-corrected chi connectivity index (χ4v) is 12.2. The van der Waals surface area contributed by atoms with E-state index in [0.29, 0.717) is 59.4 Å². The molecule has 11 rings (SSSR count). The van der Waals surface area contributed by atoms with Gasteiger partial charge in [0.15, 0.2) is 28.5 Å². The number of benzene rings is 3. The maximum Gasteiger partial charge on any atom is 0.331 e. The van der Waals surface area contributed by atoms with E-state index in [1.54, 1.807) is 24.9 Å². The molecule has 3 aromatic rings. The summed E-state index contributed by atoms with van der Waals surface area (Å²) in [4.78, 5) is 32.5.